The number of nitrogens with one attached hydrogen (secondary N) is 2. The number of rotatable bonds is 6. The van der Waals surface area contributed by atoms with E-state index < -0.39 is 0 Å². The summed E-state index contributed by atoms with van der Waals surface area (Å²) in [5, 5.41) is 11.5. The fourth-order valence-electron chi connectivity index (χ4n) is 3.03. The van der Waals surface area contributed by atoms with Crippen molar-refractivity contribution < 1.29 is 4.39 Å². The first-order valence-corrected chi connectivity index (χ1v) is 9.07. The summed E-state index contributed by atoms with van der Waals surface area (Å²) in [6.07, 6.45) is 0.657. The molecule has 0 aliphatic carbocycles. The van der Waals surface area contributed by atoms with Crippen LogP contribution in [-0.2, 0) is 19.5 Å². The number of para-hydroxylation sites is 1. The summed E-state index contributed by atoms with van der Waals surface area (Å²) in [5.74, 6) is 1.32. The van der Waals surface area contributed by atoms with Crippen molar-refractivity contribution in [2.45, 2.75) is 26.4 Å². The predicted molar refractivity (Wildman–Crippen MR) is 106 cm³/mol. The molecule has 0 aliphatic heterocycles. The Bertz CT molecular complexity index is 1120. The van der Waals surface area contributed by atoms with Crippen LogP contribution in [0, 0.1) is 5.82 Å². The number of nitrogens with zero attached hydrogens (tertiary/aromatic N) is 4. The van der Waals surface area contributed by atoms with E-state index in [9.17, 15) is 4.39 Å². The molecule has 2 aromatic heterocycles. The molecule has 2 aromatic carbocycles. The highest BCUT2D eigenvalue weighted by Crippen LogP contribution is 2.26. The van der Waals surface area contributed by atoms with Crippen molar-refractivity contribution in [3.63, 3.8) is 0 Å². The molecule has 0 atom stereocenters. The summed E-state index contributed by atoms with van der Waals surface area (Å²) >= 11 is 0. The zero-order valence-electron chi connectivity index (χ0n) is 15.4. The monoisotopic (exact) mass is 377 g/mol. The number of halogens is 1. The molecule has 0 fully saturated rings. The molecule has 2 heterocycles. The molecule has 0 spiro atoms. The number of aryl methyl sites for hydroxylation is 1. The van der Waals surface area contributed by atoms with Crippen LogP contribution in [0.5, 0.6) is 0 Å². The van der Waals surface area contributed by atoms with Crippen molar-refractivity contribution in [1.29, 1.82) is 0 Å². The minimum absolute atomic E-state index is 0.274. The van der Waals surface area contributed by atoms with Crippen molar-refractivity contribution in [3.8, 4) is 11.5 Å². The van der Waals surface area contributed by atoms with Gasteiger partial charge in [-0.3, -0.25) is 5.10 Å². The number of aromatic nitrogens is 5. The maximum absolute atomic E-state index is 13.4. The molecule has 0 saturated carbocycles. The first-order valence-electron chi connectivity index (χ1n) is 9.07. The molecule has 7 nitrogen and oxygen atoms in total. The van der Waals surface area contributed by atoms with Gasteiger partial charge in [-0.1, -0.05) is 37.3 Å². The Labute approximate surface area is 161 Å². The zero-order valence-corrected chi connectivity index (χ0v) is 15.4. The lowest BCUT2D eigenvalue weighted by Crippen LogP contribution is -2.08. The SMILES string of the molecule is CCc1nc(NCc2cccc(F)c2)nc(-c2[nH]nc3c(CN)cccc23)n1. The average molecular weight is 377 g/mol. The lowest BCUT2D eigenvalue weighted by Gasteiger charge is -2.08. The average Bonchev–Trinajstić information content (AvgIpc) is 3.16. The quantitative estimate of drug-likeness (QED) is 0.477. The van der Waals surface area contributed by atoms with E-state index in [1.54, 1.807) is 6.07 Å². The third-order valence-electron chi connectivity index (χ3n) is 4.45. The Hall–Kier alpha value is -3.39. The van der Waals surface area contributed by atoms with Gasteiger partial charge in [-0.15, -0.1) is 0 Å². The number of H-pyrrole nitrogens is 1. The molecule has 4 N–H and O–H groups in total. The van der Waals surface area contributed by atoms with Crippen LogP contribution < -0.4 is 11.1 Å². The van der Waals surface area contributed by atoms with Gasteiger partial charge in [-0.05, 0) is 23.3 Å². The Morgan fingerprint density at radius 3 is 2.75 bits per heavy atom. The van der Waals surface area contributed by atoms with Gasteiger partial charge in [0.15, 0.2) is 5.82 Å². The van der Waals surface area contributed by atoms with Gasteiger partial charge in [0.2, 0.25) is 5.95 Å². The van der Waals surface area contributed by atoms with Crippen molar-refractivity contribution in [1.82, 2.24) is 25.1 Å². The number of hydrogen-bond donors (Lipinski definition) is 3. The van der Waals surface area contributed by atoms with E-state index in [1.165, 1.54) is 12.1 Å². The third-order valence-corrected chi connectivity index (χ3v) is 4.45. The summed E-state index contributed by atoms with van der Waals surface area (Å²) in [4.78, 5) is 13.5. The van der Waals surface area contributed by atoms with Gasteiger partial charge in [0.05, 0.1) is 5.52 Å². The van der Waals surface area contributed by atoms with Crippen molar-refractivity contribution >= 4 is 16.9 Å². The van der Waals surface area contributed by atoms with Crippen molar-refractivity contribution in [2.75, 3.05) is 5.32 Å². The van der Waals surface area contributed by atoms with E-state index >= 15 is 0 Å². The number of fused-ring (bicyclic) bond motifs is 1. The molecule has 142 valence electrons. The Morgan fingerprint density at radius 2 is 1.96 bits per heavy atom. The molecule has 0 radical (unpaired) electrons. The molecular weight excluding hydrogens is 357 g/mol. The van der Waals surface area contributed by atoms with E-state index in [1.807, 2.05) is 31.2 Å². The smallest absolute Gasteiger partial charge is 0.226 e. The number of benzene rings is 2. The Kier molecular flexibility index (Phi) is 4.94. The van der Waals surface area contributed by atoms with Crippen LogP contribution in [0.1, 0.15) is 23.9 Å². The van der Waals surface area contributed by atoms with Gasteiger partial charge >= 0.3 is 0 Å². The highest BCUT2D eigenvalue weighted by Gasteiger charge is 2.15. The first-order chi connectivity index (χ1) is 13.7. The van der Waals surface area contributed by atoms with E-state index in [0.717, 1.165) is 27.7 Å². The maximum Gasteiger partial charge on any atom is 0.226 e. The van der Waals surface area contributed by atoms with E-state index in [0.29, 0.717) is 37.1 Å². The lowest BCUT2D eigenvalue weighted by atomic mass is 10.1. The van der Waals surface area contributed by atoms with Crippen LogP contribution in [0.2, 0.25) is 0 Å². The second-order valence-electron chi connectivity index (χ2n) is 6.35. The second-order valence-corrected chi connectivity index (χ2v) is 6.35. The van der Waals surface area contributed by atoms with E-state index in [2.05, 4.69) is 30.5 Å². The predicted octanol–water partition coefficient (Wildman–Crippen LogP) is 3.19. The zero-order chi connectivity index (χ0) is 19.5. The molecular formula is C20H20FN7. The number of aromatic amines is 1. The summed E-state index contributed by atoms with van der Waals surface area (Å²) in [7, 11) is 0. The van der Waals surface area contributed by atoms with Crippen LogP contribution in [-0.4, -0.2) is 25.1 Å². The summed E-state index contributed by atoms with van der Waals surface area (Å²) in [6.45, 7) is 2.79. The molecule has 0 aliphatic rings. The van der Waals surface area contributed by atoms with Gasteiger partial charge in [0.1, 0.15) is 17.3 Å². The van der Waals surface area contributed by atoms with Crippen LogP contribution in [0.15, 0.2) is 42.5 Å². The Balaban J connectivity index is 1.69. The fraction of sp³-hybridized carbons (Fsp3) is 0.200. The molecule has 0 saturated heterocycles. The van der Waals surface area contributed by atoms with E-state index in [-0.39, 0.29) is 5.82 Å². The van der Waals surface area contributed by atoms with Gasteiger partial charge in [0.25, 0.3) is 0 Å². The molecule has 0 unspecified atom stereocenters. The van der Waals surface area contributed by atoms with E-state index in [4.69, 9.17) is 5.73 Å². The van der Waals surface area contributed by atoms with Gasteiger partial charge in [-0.2, -0.15) is 15.1 Å². The highest BCUT2D eigenvalue weighted by atomic mass is 19.1. The van der Waals surface area contributed by atoms with Crippen LogP contribution in [0.3, 0.4) is 0 Å². The van der Waals surface area contributed by atoms with Crippen LogP contribution in [0.25, 0.3) is 22.4 Å². The largest absolute Gasteiger partial charge is 0.350 e. The second kappa shape index (κ2) is 7.69. The minimum Gasteiger partial charge on any atom is -0.350 e. The summed E-state index contributed by atoms with van der Waals surface area (Å²) in [6, 6.07) is 12.3. The number of nitrogens with two attached hydrogens (primary N) is 1. The maximum atomic E-state index is 13.4. The van der Waals surface area contributed by atoms with Gasteiger partial charge in [-0.25, -0.2) is 9.37 Å². The summed E-state index contributed by atoms with van der Waals surface area (Å²) in [5.41, 5.74) is 9.10. The van der Waals surface area contributed by atoms with Gasteiger partial charge < -0.3 is 11.1 Å². The molecule has 4 rings (SSSR count). The summed E-state index contributed by atoms with van der Waals surface area (Å²) < 4.78 is 13.4. The van der Waals surface area contributed by atoms with Crippen molar-refractivity contribution in [2.24, 2.45) is 5.73 Å². The normalized spacial score (nSPS) is 11.1. The Morgan fingerprint density at radius 1 is 1.11 bits per heavy atom. The number of hydrogen-bond acceptors (Lipinski definition) is 6. The standard InChI is InChI=1S/C20H20FN7/c1-2-16-24-19(18-15-8-4-6-13(10-22)17(15)27-28-18)26-20(25-16)23-11-12-5-3-7-14(21)9-12/h3-9H,2,10-11,22H2,1H3,(H,27,28)(H,23,24,25,26). The highest BCUT2D eigenvalue weighted by molar-refractivity contribution is 5.93. The minimum atomic E-state index is -0.274. The van der Waals surface area contributed by atoms with Gasteiger partial charge in [0, 0.05) is 24.9 Å². The van der Waals surface area contributed by atoms with Crippen LogP contribution >= 0.6 is 0 Å². The molecule has 8 heteroatoms. The molecule has 0 amide bonds. The molecule has 0 bridgehead atoms. The fourth-order valence-corrected chi connectivity index (χ4v) is 3.03. The topological polar surface area (TPSA) is 105 Å². The van der Waals surface area contributed by atoms with Crippen molar-refractivity contribution in [3.05, 3.63) is 65.2 Å². The molecule has 4 aromatic rings. The van der Waals surface area contributed by atoms with Crippen LogP contribution in [0.4, 0.5) is 10.3 Å². The molecule has 28 heavy (non-hydrogen) atoms. The number of anilines is 1. The third kappa shape index (κ3) is 3.54. The first kappa shape index (κ1) is 18.0. The lowest BCUT2D eigenvalue weighted by molar-refractivity contribution is 0.626.